The SMILES string of the molecule is CCc1ccc(C(=O)[C@@H](O)c2ccc(CC)cc2)cc1. The number of hydrogen-bond donors (Lipinski definition) is 1. The maximum Gasteiger partial charge on any atom is 0.195 e. The number of Topliss-reactive ketones (excluding diaryl/α,β-unsaturated/α-hetero) is 1. The van der Waals surface area contributed by atoms with E-state index in [1.165, 1.54) is 11.1 Å². The van der Waals surface area contributed by atoms with E-state index >= 15 is 0 Å². The Morgan fingerprint density at radius 1 is 0.900 bits per heavy atom. The van der Waals surface area contributed by atoms with Gasteiger partial charge in [0.25, 0.3) is 0 Å². The monoisotopic (exact) mass is 268 g/mol. The number of aryl methyl sites for hydroxylation is 2. The van der Waals surface area contributed by atoms with Gasteiger partial charge < -0.3 is 5.11 Å². The highest BCUT2D eigenvalue weighted by molar-refractivity contribution is 5.99. The molecule has 0 unspecified atom stereocenters. The summed E-state index contributed by atoms with van der Waals surface area (Å²) >= 11 is 0. The van der Waals surface area contributed by atoms with E-state index in [4.69, 9.17) is 0 Å². The number of hydrogen-bond acceptors (Lipinski definition) is 2. The summed E-state index contributed by atoms with van der Waals surface area (Å²) < 4.78 is 0. The zero-order chi connectivity index (χ0) is 14.5. The van der Waals surface area contributed by atoms with Crippen molar-refractivity contribution in [3.05, 3.63) is 70.8 Å². The first-order valence-electron chi connectivity index (χ1n) is 7.05. The first-order chi connectivity index (χ1) is 9.65. The molecule has 0 radical (unpaired) electrons. The third-order valence-electron chi connectivity index (χ3n) is 3.60. The van der Waals surface area contributed by atoms with Crippen LogP contribution in [0.2, 0.25) is 0 Å². The van der Waals surface area contributed by atoms with E-state index in [1.54, 1.807) is 12.1 Å². The van der Waals surface area contributed by atoms with Crippen LogP contribution in [0.4, 0.5) is 0 Å². The number of aliphatic hydroxyl groups excluding tert-OH is 1. The van der Waals surface area contributed by atoms with Gasteiger partial charge in [-0.3, -0.25) is 4.79 Å². The summed E-state index contributed by atoms with van der Waals surface area (Å²) in [6, 6.07) is 15.0. The van der Waals surface area contributed by atoms with Crippen molar-refractivity contribution in [3.63, 3.8) is 0 Å². The fourth-order valence-electron chi connectivity index (χ4n) is 2.15. The zero-order valence-electron chi connectivity index (χ0n) is 12.0. The first kappa shape index (κ1) is 14.5. The Hall–Kier alpha value is -1.93. The number of carbonyl (C=O) groups excluding carboxylic acids is 1. The molecule has 0 aliphatic rings. The maximum absolute atomic E-state index is 12.2. The third-order valence-corrected chi connectivity index (χ3v) is 3.60. The molecular weight excluding hydrogens is 248 g/mol. The van der Waals surface area contributed by atoms with Crippen molar-refractivity contribution in [3.8, 4) is 0 Å². The second kappa shape index (κ2) is 6.49. The van der Waals surface area contributed by atoms with Crippen molar-refractivity contribution in [1.29, 1.82) is 0 Å². The van der Waals surface area contributed by atoms with Crippen LogP contribution in [0.5, 0.6) is 0 Å². The van der Waals surface area contributed by atoms with Crippen molar-refractivity contribution in [2.45, 2.75) is 32.8 Å². The van der Waals surface area contributed by atoms with E-state index in [1.807, 2.05) is 36.4 Å². The zero-order valence-corrected chi connectivity index (χ0v) is 12.0. The van der Waals surface area contributed by atoms with E-state index in [2.05, 4.69) is 13.8 Å². The summed E-state index contributed by atoms with van der Waals surface area (Å²) in [6.07, 6.45) is 0.798. The highest BCUT2D eigenvalue weighted by atomic mass is 16.3. The molecule has 104 valence electrons. The lowest BCUT2D eigenvalue weighted by molar-refractivity contribution is 0.0747. The summed E-state index contributed by atoms with van der Waals surface area (Å²) in [7, 11) is 0. The van der Waals surface area contributed by atoms with Crippen LogP contribution in [-0.4, -0.2) is 10.9 Å². The molecule has 1 atom stereocenters. The van der Waals surface area contributed by atoms with Gasteiger partial charge in [0, 0.05) is 5.56 Å². The van der Waals surface area contributed by atoms with Crippen molar-refractivity contribution in [1.82, 2.24) is 0 Å². The Balaban J connectivity index is 2.17. The van der Waals surface area contributed by atoms with E-state index in [9.17, 15) is 9.90 Å². The molecule has 0 aromatic heterocycles. The molecule has 2 rings (SSSR count). The first-order valence-corrected chi connectivity index (χ1v) is 7.05. The lowest BCUT2D eigenvalue weighted by Crippen LogP contribution is -2.12. The largest absolute Gasteiger partial charge is 0.380 e. The quantitative estimate of drug-likeness (QED) is 0.839. The minimum Gasteiger partial charge on any atom is -0.380 e. The van der Waals surface area contributed by atoms with Gasteiger partial charge in [0.15, 0.2) is 5.78 Å². The van der Waals surface area contributed by atoms with E-state index < -0.39 is 6.10 Å². The Morgan fingerprint density at radius 2 is 1.35 bits per heavy atom. The van der Waals surface area contributed by atoms with Gasteiger partial charge in [-0.1, -0.05) is 62.4 Å². The summed E-state index contributed by atoms with van der Waals surface area (Å²) in [4.78, 5) is 12.2. The highest BCUT2D eigenvalue weighted by Crippen LogP contribution is 2.19. The van der Waals surface area contributed by atoms with Crippen LogP contribution in [0, 0.1) is 0 Å². The molecule has 0 saturated heterocycles. The second-order valence-corrected chi connectivity index (χ2v) is 4.91. The molecule has 0 bridgehead atoms. The predicted molar refractivity (Wildman–Crippen MR) is 80.9 cm³/mol. The predicted octanol–water partition coefficient (Wildman–Crippen LogP) is 3.73. The number of carbonyl (C=O) groups is 1. The molecule has 0 aliphatic carbocycles. The van der Waals surface area contributed by atoms with E-state index in [0.717, 1.165) is 12.8 Å². The molecule has 0 saturated carbocycles. The van der Waals surface area contributed by atoms with E-state index in [-0.39, 0.29) is 5.78 Å². The molecule has 0 heterocycles. The summed E-state index contributed by atoms with van der Waals surface area (Å²) in [5.41, 5.74) is 3.57. The van der Waals surface area contributed by atoms with Gasteiger partial charge in [-0.15, -0.1) is 0 Å². The molecule has 2 nitrogen and oxygen atoms in total. The van der Waals surface area contributed by atoms with Gasteiger partial charge in [0.2, 0.25) is 0 Å². The normalized spacial score (nSPS) is 12.2. The molecule has 0 spiro atoms. The smallest absolute Gasteiger partial charge is 0.195 e. The summed E-state index contributed by atoms with van der Waals surface area (Å²) in [6.45, 7) is 4.15. The Bertz CT molecular complexity index is 567. The molecular formula is C18H20O2. The molecule has 20 heavy (non-hydrogen) atoms. The van der Waals surface area contributed by atoms with Crippen LogP contribution in [-0.2, 0) is 12.8 Å². The van der Waals surface area contributed by atoms with Crippen molar-refractivity contribution >= 4 is 5.78 Å². The summed E-state index contributed by atoms with van der Waals surface area (Å²) in [5, 5.41) is 10.2. The minimum atomic E-state index is -1.09. The number of rotatable bonds is 5. The van der Waals surface area contributed by atoms with Crippen molar-refractivity contribution in [2.24, 2.45) is 0 Å². The number of ketones is 1. The standard InChI is InChI=1S/C18H20O2/c1-3-13-5-9-15(10-6-13)17(19)18(20)16-11-7-14(4-2)8-12-16/h5-12,17,19H,3-4H2,1-2H3/t17-/m0/s1. The van der Waals surface area contributed by atoms with Crippen molar-refractivity contribution < 1.29 is 9.90 Å². The molecule has 0 amide bonds. The molecule has 0 aliphatic heterocycles. The maximum atomic E-state index is 12.2. The highest BCUT2D eigenvalue weighted by Gasteiger charge is 2.18. The minimum absolute atomic E-state index is 0.253. The Labute approximate surface area is 120 Å². The Kier molecular flexibility index (Phi) is 4.70. The van der Waals surface area contributed by atoms with Gasteiger partial charge in [-0.05, 0) is 29.5 Å². The third kappa shape index (κ3) is 3.14. The van der Waals surface area contributed by atoms with Crippen LogP contribution in [0.25, 0.3) is 0 Å². The summed E-state index contributed by atoms with van der Waals surface area (Å²) in [5.74, 6) is -0.253. The lowest BCUT2D eigenvalue weighted by atomic mass is 9.98. The lowest BCUT2D eigenvalue weighted by Gasteiger charge is -2.11. The van der Waals surface area contributed by atoms with Crippen LogP contribution < -0.4 is 0 Å². The molecule has 2 aromatic carbocycles. The van der Waals surface area contributed by atoms with Gasteiger partial charge in [0.1, 0.15) is 6.10 Å². The van der Waals surface area contributed by atoms with Crippen LogP contribution in [0.15, 0.2) is 48.5 Å². The van der Waals surface area contributed by atoms with Gasteiger partial charge in [-0.25, -0.2) is 0 Å². The van der Waals surface area contributed by atoms with Gasteiger partial charge in [0.05, 0.1) is 0 Å². The fourth-order valence-corrected chi connectivity index (χ4v) is 2.15. The molecule has 2 heteroatoms. The fraction of sp³-hybridized carbons (Fsp3) is 0.278. The van der Waals surface area contributed by atoms with E-state index in [0.29, 0.717) is 11.1 Å². The van der Waals surface area contributed by atoms with Gasteiger partial charge >= 0.3 is 0 Å². The average Bonchev–Trinajstić information content (AvgIpc) is 2.53. The Morgan fingerprint density at radius 3 is 1.80 bits per heavy atom. The van der Waals surface area contributed by atoms with Crippen LogP contribution in [0.3, 0.4) is 0 Å². The number of aliphatic hydroxyl groups is 1. The van der Waals surface area contributed by atoms with Gasteiger partial charge in [-0.2, -0.15) is 0 Å². The molecule has 1 N–H and O–H groups in total. The molecule has 2 aromatic rings. The number of benzene rings is 2. The van der Waals surface area contributed by atoms with Crippen molar-refractivity contribution in [2.75, 3.05) is 0 Å². The van der Waals surface area contributed by atoms with Crippen LogP contribution in [0.1, 0.15) is 47.0 Å². The average molecular weight is 268 g/mol. The molecule has 0 fully saturated rings. The topological polar surface area (TPSA) is 37.3 Å². The van der Waals surface area contributed by atoms with Crippen LogP contribution >= 0.6 is 0 Å². The second-order valence-electron chi connectivity index (χ2n) is 4.91.